The molecule has 4 rings (SSSR count). The van der Waals surface area contributed by atoms with Crippen LogP contribution in [0, 0.1) is 0 Å². The Balaban J connectivity index is 1.59. The van der Waals surface area contributed by atoms with Crippen molar-refractivity contribution >= 4 is 11.8 Å². The first-order chi connectivity index (χ1) is 13.2. The summed E-state index contributed by atoms with van der Waals surface area (Å²) < 4.78 is 5.61. The molecule has 2 aliphatic rings. The molecule has 1 N–H and O–H groups in total. The second-order valence-electron chi connectivity index (χ2n) is 7.17. The van der Waals surface area contributed by atoms with Crippen LogP contribution in [0.5, 0.6) is 0 Å². The molecule has 1 saturated heterocycles. The number of rotatable bonds is 5. The van der Waals surface area contributed by atoms with E-state index in [9.17, 15) is 9.59 Å². The molecule has 1 fully saturated rings. The van der Waals surface area contributed by atoms with Crippen molar-refractivity contribution < 1.29 is 14.3 Å². The molecular formula is C22H24N2O3. The van der Waals surface area contributed by atoms with Crippen molar-refractivity contribution in [1.82, 2.24) is 10.2 Å². The molecular weight excluding hydrogens is 340 g/mol. The highest BCUT2D eigenvalue weighted by molar-refractivity contribution is 5.92. The van der Waals surface area contributed by atoms with Crippen LogP contribution in [-0.4, -0.2) is 36.0 Å². The van der Waals surface area contributed by atoms with Gasteiger partial charge in [-0.15, -0.1) is 0 Å². The highest BCUT2D eigenvalue weighted by Crippen LogP contribution is 2.32. The second-order valence-corrected chi connectivity index (χ2v) is 7.17. The third kappa shape index (κ3) is 3.88. The zero-order valence-corrected chi connectivity index (χ0v) is 15.3. The average Bonchev–Trinajstić information content (AvgIpc) is 3.21. The molecule has 2 aromatic carbocycles. The molecule has 2 heterocycles. The number of hydrogen-bond acceptors (Lipinski definition) is 3. The number of carbonyl (C=O) groups is 2. The predicted molar refractivity (Wildman–Crippen MR) is 102 cm³/mol. The fourth-order valence-electron chi connectivity index (χ4n) is 3.90. The van der Waals surface area contributed by atoms with Crippen molar-refractivity contribution in [3.63, 3.8) is 0 Å². The Hall–Kier alpha value is -2.66. The van der Waals surface area contributed by atoms with Gasteiger partial charge in [0.05, 0.1) is 12.5 Å². The molecule has 2 aromatic rings. The number of carbonyl (C=O) groups excluding carboxylic acids is 2. The van der Waals surface area contributed by atoms with E-state index in [1.165, 1.54) is 0 Å². The number of ether oxygens (including phenoxy) is 1. The molecule has 2 amide bonds. The van der Waals surface area contributed by atoms with E-state index in [2.05, 4.69) is 5.32 Å². The number of benzene rings is 2. The lowest BCUT2D eigenvalue weighted by Gasteiger charge is -2.36. The SMILES string of the molecule is O=C(NCC1CCCO1)C1c2ccccc2CC(=O)N1Cc1ccccc1. The quantitative estimate of drug-likeness (QED) is 0.887. The Morgan fingerprint density at radius 3 is 2.67 bits per heavy atom. The van der Waals surface area contributed by atoms with Crippen molar-refractivity contribution in [2.24, 2.45) is 0 Å². The summed E-state index contributed by atoms with van der Waals surface area (Å²) in [6, 6.07) is 16.9. The summed E-state index contributed by atoms with van der Waals surface area (Å²) in [5.74, 6) is -0.156. The number of amides is 2. The van der Waals surface area contributed by atoms with E-state index in [1.807, 2.05) is 54.6 Å². The fraction of sp³-hybridized carbons (Fsp3) is 0.364. The Kier molecular flexibility index (Phi) is 5.21. The summed E-state index contributed by atoms with van der Waals surface area (Å²) in [5, 5.41) is 3.01. The molecule has 140 valence electrons. The van der Waals surface area contributed by atoms with Crippen molar-refractivity contribution in [2.45, 2.75) is 38.0 Å². The Morgan fingerprint density at radius 1 is 1.11 bits per heavy atom. The summed E-state index contributed by atoms with van der Waals surface area (Å²) in [6.45, 7) is 1.67. The van der Waals surface area contributed by atoms with Crippen LogP contribution in [0.1, 0.15) is 35.6 Å². The van der Waals surface area contributed by atoms with E-state index in [4.69, 9.17) is 4.74 Å². The van der Waals surface area contributed by atoms with Crippen molar-refractivity contribution in [1.29, 1.82) is 0 Å². The van der Waals surface area contributed by atoms with Gasteiger partial charge in [-0.1, -0.05) is 54.6 Å². The molecule has 5 heteroatoms. The fourth-order valence-corrected chi connectivity index (χ4v) is 3.90. The summed E-state index contributed by atoms with van der Waals surface area (Å²) in [7, 11) is 0. The van der Waals surface area contributed by atoms with Crippen LogP contribution in [0.3, 0.4) is 0 Å². The molecule has 0 spiro atoms. The third-order valence-corrected chi connectivity index (χ3v) is 5.30. The molecule has 0 aromatic heterocycles. The summed E-state index contributed by atoms with van der Waals surface area (Å²) >= 11 is 0. The van der Waals surface area contributed by atoms with Gasteiger partial charge in [0.15, 0.2) is 0 Å². The maximum atomic E-state index is 13.1. The van der Waals surface area contributed by atoms with Crippen LogP contribution in [0.25, 0.3) is 0 Å². The lowest BCUT2D eigenvalue weighted by Crippen LogP contribution is -2.48. The first-order valence-electron chi connectivity index (χ1n) is 9.53. The van der Waals surface area contributed by atoms with Gasteiger partial charge in [-0.25, -0.2) is 0 Å². The highest BCUT2D eigenvalue weighted by atomic mass is 16.5. The minimum Gasteiger partial charge on any atom is -0.376 e. The molecule has 27 heavy (non-hydrogen) atoms. The lowest BCUT2D eigenvalue weighted by molar-refractivity contribution is -0.142. The third-order valence-electron chi connectivity index (χ3n) is 5.30. The van der Waals surface area contributed by atoms with Gasteiger partial charge in [0.1, 0.15) is 6.04 Å². The largest absolute Gasteiger partial charge is 0.376 e. The van der Waals surface area contributed by atoms with E-state index in [-0.39, 0.29) is 17.9 Å². The summed E-state index contributed by atoms with van der Waals surface area (Å²) in [6.07, 6.45) is 2.41. The van der Waals surface area contributed by atoms with Gasteiger partial charge in [0, 0.05) is 19.7 Å². The second kappa shape index (κ2) is 7.92. The molecule has 0 bridgehead atoms. The molecule has 0 aliphatic carbocycles. The van der Waals surface area contributed by atoms with E-state index < -0.39 is 6.04 Å². The highest BCUT2D eigenvalue weighted by Gasteiger charge is 2.37. The van der Waals surface area contributed by atoms with E-state index in [0.717, 1.165) is 36.1 Å². The molecule has 5 nitrogen and oxygen atoms in total. The number of nitrogens with one attached hydrogen (secondary N) is 1. The molecule has 0 saturated carbocycles. The van der Waals surface area contributed by atoms with Gasteiger partial charge in [-0.2, -0.15) is 0 Å². The zero-order chi connectivity index (χ0) is 18.6. The Labute approximate surface area is 159 Å². The minimum atomic E-state index is -0.607. The normalized spacial score (nSPS) is 21.8. The van der Waals surface area contributed by atoms with E-state index in [0.29, 0.717) is 19.5 Å². The van der Waals surface area contributed by atoms with E-state index in [1.54, 1.807) is 4.90 Å². The molecule has 0 radical (unpaired) electrons. The van der Waals surface area contributed by atoms with Crippen LogP contribution >= 0.6 is 0 Å². The first-order valence-corrected chi connectivity index (χ1v) is 9.53. The van der Waals surface area contributed by atoms with Gasteiger partial charge in [0.25, 0.3) is 0 Å². The van der Waals surface area contributed by atoms with Crippen LogP contribution in [0.4, 0.5) is 0 Å². The van der Waals surface area contributed by atoms with Crippen molar-refractivity contribution in [3.8, 4) is 0 Å². The van der Waals surface area contributed by atoms with Gasteiger partial charge < -0.3 is 15.0 Å². The predicted octanol–water partition coefficient (Wildman–Crippen LogP) is 2.61. The van der Waals surface area contributed by atoms with Crippen molar-refractivity contribution in [3.05, 3.63) is 71.3 Å². The molecule has 2 aliphatic heterocycles. The summed E-state index contributed by atoms with van der Waals surface area (Å²) in [5.41, 5.74) is 2.86. The molecule has 2 unspecified atom stereocenters. The topological polar surface area (TPSA) is 58.6 Å². The van der Waals surface area contributed by atoms with Crippen LogP contribution < -0.4 is 5.32 Å². The van der Waals surface area contributed by atoms with Crippen LogP contribution in [0.15, 0.2) is 54.6 Å². The summed E-state index contributed by atoms with van der Waals surface area (Å²) in [4.78, 5) is 27.7. The van der Waals surface area contributed by atoms with Gasteiger partial charge >= 0.3 is 0 Å². The number of fused-ring (bicyclic) bond motifs is 1. The number of hydrogen-bond donors (Lipinski definition) is 1. The number of nitrogens with zero attached hydrogens (tertiary/aromatic N) is 1. The van der Waals surface area contributed by atoms with E-state index >= 15 is 0 Å². The van der Waals surface area contributed by atoms with Gasteiger partial charge in [0.2, 0.25) is 11.8 Å². The van der Waals surface area contributed by atoms with Crippen LogP contribution in [-0.2, 0) is 27.3 Å². The first kappa shape index (κ1) is 17.7. The molecule has 2 atom stereocenters. The standard InChI is InChI=1S/C22H24N2O3/c25-20-13-17-9-4-5-11-19(17)21(22(26)23-14-18-10-6-12-27-18)24(20)15-16-7-2-1-3-8-16/h1-5,7-9,11,18,21H,6,10,12-15H2,(H,23,26). The van der Waals surface area contributed by atoms with Crippen LogP contribution in [0.2, 0.25) is 0 Å². The Bertz CT molecular complexity index is 815. The average molecular weight is 364 g/mol. The maximum absolute atomic E-state index is 13.1. The minimum absolute atomic E-state index is 0.0187. The monoisotopic (exact) mass is 364 g/mol. The smallest absolute Gasteiger partial charge is 0.247 e. The maximum Gasteiger partial charge on any atom is 0.247 e. The van der Waals surface area contributed by atoms with Crippen molar-refractivity contribution in [2.75, 3.05) is 13.2 Å². The van der Waals surface area contributed by atoms with Gasteiger partial charge in [-0.05, 0) is 29.5 Å². The Morgan fingerprint density at radius 2 is 1.89 bits per heavy atom. The lowest BCUT2D eigenvalue weighted by atomic mass is 9.91. The zero-order valence-electron chi connectivity index (χ0n) is 15.3. The van der Waals surface area contributed by atoms with Gasteiger partial charge in [-0.3, -0.25) is 9.59 Å².